The Morgan fingerprint density at radius 3 is 2.38 bits per heavy atom. The van der Waals surface area contributed by atoms with E-state index in [1.807, 2.05) is 38.1 Å². The maximum absolute atomic E-state index is 12.2. The highest BCUT2D eigenvalue weighted by Crippen LogP contribution is 2.21. The molecule has 134 valence electrons. The number of aliphatic carboxylic acids is 1. The Bertz CT molecular complexity index is 539. The number of amides is 1. The molecule has 5 nitrogen and oxygen atoms in total. The van der Waals surface area contributed by atoms with Gasteiger partial charge in [0.2, 0.25) is 5.91 Å². The summed E-state index contributed by atoms with van der Waals surface area (Å²) in [4.78, 5) is 23.2. The van der Waals surface area contributed by atoms with Gasteiger partial charge in [0.15, 0.2) is 0 Å². The first kappa shape index (κ1) is 20.0. The number of nitrogens with one attached hydrogen (secondary N) is 1. The van der Waals surface area contributed by atoms with E-state index < -0.39 is 11.5 Å². The number of hydrogen-bond acceptors (Lipinski definition) is 3. The average Bonchev–Trinajstić information content (AvgIpc) is 2.51. The summed E-state index contributed by atoms with van der Waals surface area (Å²) in [7, 11) is 0. The Balaban J connectivity index is 2.54. The molecule has 0 saturated carbocycles. The zero-order valence-electron chi connectivity index (χ0n) is 15.1. The van der Waals surface area contributed by atoms with E-state index in [0.29, 0.717) is 19.4 Å². The first-order valence-corrected chi connectivity index (χ1v) is 8.51. The molecule has 0 radical (unpaired) electrons. The lowest BCUT2D eigenvalue weighted by molar-refractivity contribution is -0.139. The number of carbonyl (C=O) groups excluding carboxylic acids is 1. The molecule has 1 aromatic rings. The molecule has 24 heavy (non-hydrogen) atoms. The molecule has 0 aliphatic rings. The quantitative estimate of drug-likeness (QED) is 0.687. The van der Waals surface area contributed by atoms with Crippen LogP contribution in [0.3, 0.4) is 0 Å². The van der Waals surface area contributed by atoms with Crippen molar-refractivity contribution in [2.75, 3.05) is 6.61 Å². The molecule has 0 saturated heterocycles. The number of carboxylic acids is 1. The van der Waals surface area contributed by atoms with Gasteiger partial charge in [0, 0.05) is 12.0 Å². The van der Waals surface area contributed by atoms with E-state index >= 15 is 0 Å². The van der Waals surface area contributed by atoms with E-state index in [1.54, 1.807) is 6.92 Å². The normalized spacial score (nSPS) is 13.4. The molecule has 1 rings (SSSR count). The van der Waals surface area contributed by atoms with Gasteiger partial charge >= 0.3 is 5.97 Å². The van der Waals surface area contributed by atoms with Gasteiger partial charge in [-0.1, -0.05) is 32.9 Å². The van der Waals surface area contributed by atoms with Crippen LogP contribution in [0.25, 0.3) is 0 Å². The second-order valence-electron chi connectivity index (χ2n) is 6.68. The average molecular weight is 335 g/mol. The number of aryl methyl sites for hydroxylation is 1. The van der Waals surface area contributed by atoms with Crippen LogP contribution in [0, 0.1) is 5.92 Å². The van der Waals surface area contributed by atoms with E-state index in [0.717, 1.165) is 17.7 Å². The molecule has 1 amide bonds. The standard InChI is InChI=1S/C19H29NO4/c1-5-12-24-16-9-6-15(7-10-16)8-11-17(21)20-19(4,14(2)3)13-18(22)23/h6-7,9-10,14H,5,8,11-13H2,1-4H3,(H,20,21)(H,22,23). The van der Waals surface area contributed by atoms with E-state index in [2.05, 4.69) is 12.2 Å². The van der Waals surface area contributed by atoms with Crippen LogP contribution in [0.4, 0.5) is 0 Å². The molecule has 0 fully saturated rings. The molecular weight excluding hydrogens is 306 g/mol. The highest BCUT2D eigenvalue weighted by molar-refractivity contribution is 5.78. The summed E-state index contributed by atoms with van der Waals surface area (Å²) >= 11 is 0. The predicted molar refractivity (Wildman–Crippen MR) is 94.2 cm³/mol. The van der Waals surface area contributed by atoms with Crippen LogP contribution in [0.1, 0.15) is 52.5 Å². The van der Waals surface area contributed by atoms with Gasteiger partial charge in [-0.05, 0) is 43.4 Å². The topological polar surface area (TPSA) is 75.6 Å². The largest absolute Gasteiger partial charge is 0.494 e. The first-order chi connectivity index (χ1) is 11.3. The van der Waals surface area contributed by atoms with E-state index in [9.17, 15) is 9.59 Å². The number of hydrogen-bond donors (Lipinski definition) is 2. The van der Waals surface area contributed by atoms with Crippen molar-refractivity contribution < 1.29 is 19.4 Å². The Hall–Kier alpha value is -2.04. The number of benzene rings is 1. The Morgan fingerprint density at radius 2 is 1.88 bits per heavy atom. The zero-order valence-corrected chi connectivity index (χ0v) is 15.1. The van der Waals surface area contributed by atoms with Gasteiger partial charge in [-0.3, -0.25) is 9.59 Å². The highest BCUT2D eigenvalue weighted by Gasteiger charge is 2.32. The smallest absolute Gasteiger partial charge is 0.305 e. The molecule has 0 heterocycles. The SMILES string of the molecule is CCCOc1ccc(CCC(=O)NC(C)(CC(=O)O)C(C)C)cc1. The molecular formula is C19H29NO4. The van der Waals surface area contributed by atoms with Crippen LogP contribution in [0.2, 0.25) is 0 Å². The molecule has 1 aromatic carbocycles. The van der Waals surface area contributed by atoms with Crippen molar-refractivity contribution in [3.63, 3.8) is 0 Å². The lowest BCUT2D eigenvalue weighted by atomic mass is 9.85. The summed E-state index contributed by atoms with van der Waals surface area (Å²) in [6.07, 6.45) is 1.82. The second kappa shape index (κ2) is 9.30. The van der Waals surface area contributed by atoms with Crippen molar-refractivity contribution in [2.24, 2.45) is 5.92 Å². The van der Waals surface area contributed by atoms with E-state index in [4.69, 9.17) is 9.84 Å². The van der Waals surface area contributed by atoms with E-state index in [1.165, 1.54) is 0 Å². The molecule has 0 aliphatic carbocycles. The van der Waals surface area contributed by atoms with Crippen LogP contribution < -0.4 is 10.1 Å². The highest BCUT2D eigenvalue weighted by atomic mass is 16.5. The van der Waals surface area contributed by atoms with Crippen LogP contribution in [0.5, 0.6) is 5.75 Å². The van der Waals surface area contributed by atoms with Crippen LogP contribution in [-0.4, -0.2) is 29.1 Å². The summed E-state index contributed by atoms with van der Waals surface area (Å²) in [5, 5.41) is 11.9. The maximum Gasteiger partial charge on any atom is 0.305 e. The lowest BCUT2D eigenvalue weighted by Gasteiger charge is -2.33. The second-order valence-corrected chi connectivity index (χ2v) is 6.68. The minimum absolute atomic E-state index is 0.0348. The fraction of sp³-hybridized carbons (Fsp3) is 0.579. The zero-order chi connectivity index (χ0) is 18.2. The number of rotatable bonds is 10. The maximum atomic E-state index is 12.2. The molecule has 0 aromatic heterocycles. The molecule has 0 aliphatic heterocycles. The van der Waals surface area contributed by atoms with Gasteiger partial charge in [0.25, 0.3) is 0 Å². The fourth-order valence-corrected chi connectivity index (χ4v) is 2.32. The van der Waals surface area contributed by atoms with Crippen molar-refractivity contribution in [1.29, 1.82) is 0 Å². The Kier molecular flexibility index (Phi) is 7.75. The molecule has 0 spiro atoms. The van der Waals surface area contributed by atoms with Crippen molar-refractivity contribution in [3.8, 4) is 5.75 Å². The Morgan fingerprint density at radius 1 is 1.25 bits per heavy atom. The number of carbonyl (C=O) groups is 2. The third-order valence-corrected chi connectivity index (χ3v) is 4.25. The van der Waals surface area contributed by atoms with Crippen LogP contribution >= 0.6 is 0 Å². The lowest BCUT2D eigenvalue weighted by Crippen LogP contribution is -2.51. The minimum Gasteiger partial charge on any atom is -0.494 e. The van der Waals surface area contributed by atoms with E-state index in [-0.39, 0.29) is 18.2 Å². The van der Waals surface area contributed by atoms with Crippen molar-refractivity contribution in [1.82, 2.24) is 5.32 Å². The van der Waals surface area contributed by atoms with Gasteiger partial charge in [-0.25, -0.2) is 0 Å². The monoisotopic (exact) mass is 335 g/mol. The van der Waals surface area contributed by atoms with Gasteiger partial charge < -0.3 is 15.2 Å². The van der Waals surface area contributed by atoms with Gasteiger partial charge in [-0.2, -0.15) is 0 Å². The molecule has 5 heteroatoms. The van der Waals surface area contributed by atoms with Crippen molar-refractivity contribution >= 4 is 11.9 Å². The van der Waals surface area contributed by atoms with Crippen molar-refractivity contribution in [2.45, 2.75) is 58.9 Å². The van der Waals surface area contributed by atoms with Gasteiger partial charge in [0.1, 0.15) is 5.75 Å². The summed E-state index contributed by atoms with van der Waals surface area (Å²) < 4.78 is 5.53. The summed E-state index contributed by atoms with van der Waals surface area (Å²) in [5.74, 6) is -0.167. The van der Waals surface area contributed by atoms with Crippen LogP contribution in [0.15, 0.2) is 24.3 Å². The van der Waals surface area contributed by atoms with Gasteiger partial charge in [0.05, 0.1) is 13.0 Å². The fourth-order valence-electron chi connectivity index (χ4n) is 2.32. The third kappa shape index (κ3) is 6.60. The van der Waals surface area contributed by atoms with Crippen molar-refractivity contribution in [3.05, 3.63) is 29.8 Å². The summed E-state index contributed by atoms with van der Waals surface area (Å²) in [6, 6.07) is 7.73. The molecule has 0 bridgehead atoms. The molecule has 1 atom stereocenters. The predicted octanol–water partition coefficient (Wildman–Crippen LogP) is 3.41. The third-order valence-electron chi connectivity index (χ3n) is 4.25. The van der Waals surface area contributed by atoms with Gasteiger partial charge in [-0.15, -0.1) is 0 Å². The summed E-state index contributed by atoms with van der Waals surface area (Å²) in [5.41, 5.74) is 0.319. The molecule has 2 N–H and O–H groups in total. The number of ether oxygens (including phenoxy) is 1. The minimum atomic E-state index is -0.908. The van der Waals surface area contributed by atoms with Crippen LogP contribution in [-0.2, 0) is 16.0 Å². The summed E-state index contributed by atoms with van der Waals surface area (Å²) in [6.45, 7) is 8.36. The first-order valence-electron chi connectivity index (χ1n) is 8.51. The Labute approximate surface area is 144 Å². The number of carboxylic acid groups (broad SMARTS) is 1. The molecule has 1 unspecified atom stereocenters.